The topological polar surface area (TPSA) is 90.6 Å². The summed E-state index contributed by atoms with van der Waals surface area (Å²) in [6.07, 6.45) is 1.70. The van der Waals surface area contributed by atoms with E-state index in [1.165, 1.54) is 0 Å². The number of pyridine rings is 1. The lowest BCUT2D eigenvalue weighted by Crippen LogP contribution is -2.01. The second kappa shape index (κ2) is 6.44. The van der Waals surface area contributed by atoms with Gasteiger partial charge in [-0.25, -0.2) is 0 Å². The summed E-state index contributed by atoms with van der Waals surface area (Å²) in [5.41, 5.74) is 8.14. The van der Waals surface area contributed by atoms with E-state index in [-0.39, 0.29) is 12.8 Å². The van der Waals surface area contributed by atoms with E-state index in [9.17, 15) is 0 Å². The molecule has 5 N–H and O–H groups in total. The Balaban J connectivity index is 0. The van der Waals surface area contributed by atoms with Crippen LogP contribution in [0, 0.1) is 5.92 Å². The minimum absolute atomic E-state index is 0. The van der Waals surface area contributed by atoms with Crippen molar-refractivity contribution in [1.29, 1.82) is 0 Å². The van der Waals surface area contributed by atoms with Gasteiger partial charge in [-0.05, 0) is 23.6 Å². The van der Waals surface area contributed by atoms with E-state index in [0.717, 1.165) is 11.3 Å². The van der Waals surface area contributed by atoms with Crippen LogP contribution in [-0.2, 0) is 0 Å². The molecule has 1 rings (SSSR count). The molecule has 4 nitrogen and oxygen atoms in total. The van der Waals surface area contributed by atoms with Crippen LogP contribution in [0.15, 0.2) is 23.7 Å². The summed E-state index contributed by atoms with van der Waals surface area (Å²) in [5, 5.41) is 1.67. The Bertz CT molecular complexity index is 345. The minimum atomic E-state index is 0. The van der Waals surface area contributed by atoms with Gasteiger partial charge in [0.2, 0.25) is 0 Å². The van der Waals surface area contributed by atoms with Gasteiger partial charge in [-0.1, -0.05) is 13.8 Å². The molecule has 0 atom stereocenters. The average Bonchev–Trinajstić information content (AvgIpc) is 2.15. The summed E-state index contributed by atoms with van der Waals surface area (Å²) in [5.74, 6) is 0.284. The molecule has 0 aliphatic rings. The maximum absolute atomic E-state index is 8.81. The third-order valence-electron chi connectivity index (χ3n) is 1.91. The van der Waals surface area contributed by atoms with Crippen molar-refractivity contribution in [3.63, 3.8) is 0 Å². The number of nitrogens with two attached hydrogens (primary N) is 1. The summed E-state index contributed by atoms with van der Waals surface area (Å²) in [7, 11) is 0. The number of allylic oxidation sites excluding steroid dienone is 1. The predicted octanol–water partition coefficient (Wildman–Crippen LogP) is 2.29. The molecule has 0 fully saturated rings. The third kappa shape index (κ3) is 3.54. The van der Waals surface area contributed by atoms with Gasteiger partial charge in [0.1, 0.15) is 0 Å². The normalized spacial score (nSPS) is 11.3. The van der Waals surface area contributed by atoms with Gasteiger partial charge in [-0.15, -0.1) is 0 Å². The average molecular weight is 230 g/mol. The molecule has 0 saturated carbocycles. The molecule has 5 heteroatoms. The highest BCUT2D eigenvalue weighted by atomic mass is 32.2. The summed E-state index contributed by atoms with van der Waals surface area (Å²) in [6.45, 7) is 4.08. The van der Waals surface area contributed by atoms with Crippen molar-refractivity contribution in [3.8, 4) is 0 Å². The monoisotopic (exact) mass is 230 g/mol. The van der Waals surface area contributed by atoms with E-state index in [2.05, 4.69) is 4.98 Å². The van der Waals surface area contributed by atoms with Crippen molar-refractivity contribution in [2.75, 3.05) is 5.73 Å². The van der Waals surface area contributed by atoms with Crippen LogP contribution < -0.4 is 5.73 Å². The van der Waals surface area contributed by atoms with Crippen LogP contribution in [0.5, 0.6) is 0 Å². The van der Waals surface area contributed by atoms with E-state index in [1.807, 2.05) is 13.8 Å². The largest absolute Gasteiger partial charge is 0.412 e. The first kappa shape index (κ1) is 14.0. The van der Waals surface area contributed by atoms with E-state index in [4.69, 9.17) is 10.3 Å². The Labute approximate surface area is 95.2 Å². The van der Waals surface area contributed by atoms with Crippen LogP contribution in [0.3, 0.4) is 0 Å². The third-order valence-corrected chi connectivity index (χ3v) is 2.27. The second-order valence-electron chi connectivity index (χ2n) is 3.27. The summed E-state index contributed by atoms with van der Waals surface area (Å²) >= 11 is 0.684. The fraction of sp³-hybridized carbons (Fsp3) is 0.300. The zero-order chi connectivity index (χ0) is 10.6. The first-order chi connectivity index (χ1) is 6.66. The molecule has 0 aliphatic carbocycles. The Morgan fingerprint density at radius 3 is 2.80 bits per heavy atom. The van der Waals surface area contributed by atoms with E-state index in [0.29, 0.717) is 17.7 Å². The van der Waals surface area contributed by atoms with Crippen LogP contribution in [-0.4, -0.2) is 15.0 Å². The highest BCUT2D eigenvalue weighted by Gasteiger charge is 2.10. The lowest BCUT2D eigenvalue weighted by molar-refractivity contribution is 0.671. The molecule has 0 amide bonds. The molecule has 0 saturated heterocycles. The number of nitrogens with zero attached hydrogens (tertiary/aromatic N) is 1. The van der Waals surface area contributed by atoms with Gasteiger partial charge in [0.05, 0.1) is 11.4 Å². The van der Waals surface area contributed by atoms with Crippen molar-refractivity contribution in [3.05, 3.63) is 29.4 Å². The molecule has 0 spiro atoms. The zero-order valence-corrected chi connectivity index (χ0v) is 9.58. The van der Waals surface area contributed by atoms with Crippen molar-refractivity contribution in [2.24, 2.45) is 5.92 Å². The van der Waals surface area contributed by atoms with Gasteiger partial charge < -0.3 is 15.8 Å². The van der Waals surface area contributed by atoms with Crippen LogP contribution >= 0.6 is 12.0 Å². The fourth-order valence-corrected chi connectivity index (χ4v) is 1.68. The summed E-state index contributed by atoms with van der Waals surface area (Å²) in [4.78, 5) is 4.20. The second-order valence-corrected chi connectivity index (χ2v) is 3.72. The lowest BCUT2D eigenvalue weighted by atomic mass is 10.0. The standard InChI is InChI=1S/C10H14N2OS.H2O.H2/c1-7(2)8(6-14-13)10-9(11)4-3-5-12-10;;/h3-7,13H,11H2,1-2H3;1H2;1H/b8-6-;;. The first-order valence-electron chi connectivity index (χ1n) is 4.38. The zero-order valence-electron chi connectivity index (χ0n) is 8.77. The van der Waals surface area contributed by atoms with Crippen LogP contribution in [0.1, 0.15) is 21.0 Å². The van der Waals surface area contributed by atoms with E-state index in [1.54, 1.807) is 23.7 Å². The Kier molecular flexibility index (Phi) is 6.00. The number of rotatable bonds is 3. The SMILES string of the molecule is CC(C)/C(=C/SO)c1ncccc1N.O.[HH]. The molecule has 1 aromatic rings. The summed E-state index contributed by atoms with van der Waals surface area (Å²) in [6, 6.07) is 3.60. The first-order valence-corrected chi connectivity index (χ1v) is 5.21. The molecular weight excluding hydrogens is 212 g/mol. The molecular formula is C10H18N2O2S. The van der Waals surface area contributed by atoms with Crippen LogP contribution in [0.2, 0.25) is 0 Å². The van der Waals surface area contributed by atoms with Crippen molar-refractivity contribution >= 4 is 23.3 Å². The lowest BCUT2D eigenvalue weighted by Gasteiger charge is -2.11. The van der Waals surface area contributed by atoms with Gasteiger partial charge in [0.25, 0.3) is 0 Å². The number of nitrogen functional groups attached to an aromatic ring is 1. The molecule has 0 aliphatic heterocycles. The molecule has 0 aromatic carbocycles. The van der Waals surface area contributed by atoms with Crippen LogP contribution in [0.25, 0.3) is 5.57 Å². The van der Waals surface area contributed by atoms with Gasteiger partial charge in [0.15, 0.2) is 0 Å². The number of hydrogen-bond donors (Lipinski definition) is 2. The molecule has 1 aromatic heterocycles. The fourth-order valence-electron chi connectivity index (χ4n) is 1.18. The molecule has 0 bridgehead atoms. The van der Waals surface area contributed by atoms with Gasteiger partial charge in [-0.3, -0.25) is 4.98 Å². The Morgan fingerprint density at radius 2 is 2.33 bits per heavy atom. The van der Waals surface area contributed by atoms with Crippen molar-refractivity contribution < 1.29 is 11.5 Å². The number of anilines is 1. The minimum Gasteiger partial charge on any atom is -0.412 e. The highest BCUT2D eigenvalue weighted by molar-refractivity contribution is 7.96. The summed E-state index contributed by atoms with van der Waals surface area (Å²) < 4.78 is 8.81. The molecule has 0 unspecified atom stereocenters. The van der Waals surface area contributed by atoms with Gasteiger partial charge in [-0.2, -0.15) is 0 Å². The molecule has 0 radical (unpaired) electrons. The van der Waals surface area contributed by atoms with E-state index < -0.39 is 0 Å². The maximum atomic E-state index is 8.81. The quantitative estimate of drug-likeness (QED) is 0.779. The maximum Gasteiger partial charge on any atom is 0.0899 e. The van der Waals surface area contributed by atoms with Crippen molar-refractivity contribution in [2.45, 2.75) is 13.8 Å². The van der Waals surface area contributed by atoms with Crippen molar-refractivity contribution in [1.82, 2.24) is 4.98 Å². The smallest absolute Gasteiger partial charge is 0.0899 e. The molecule has 86 valence electrons. The predicted molar refractivity (Wildman–Crippen MR) is 67.4 cm³/mol. The van der Waals surface area contributed by atoms with Crippen LogP contribution in [0.4, 0.5) is 5.69 Å². The van der Waals surface area contributed by atoms with Gasteiger partial charge in [0, 0.05) is 25.1 Å². The van der Waals surface area contributed by atoms with Gasteiger partial charge >= 0.3 is 0 Å². The molecule has 1 heterocycles. The Morgan fingerprint density at radius 1 is 1.67 bits per heavy atom. The highest BCUT2D eigenvalue weighted by Crippen LogP contribution is 2.27. The van der Waals surface area contributed by atoms with E-state index >= 15 is 0 Å². The molecule has 15 heavy (non-hydrogen) atoms. The Hall–Kier alpha value is -1.04. The number of aromatic nitrogens is 1. The number of hydrogen-bond acceptors (Lipinski definition) is 4.